The van der Waals surface area contributed by atoms with Gasteiger partial charge in [-0.05, 0) is 12.5 Å². The largest absolute Gasteiger partial charge is 0.329 e. The summed E-state index contributed by atoms with van der Waals surface area (Å²) in [7, 11) is 0. The average Bonchev–Trinajstić information content (AvgIpc) is 2.60. The van der Waals surface area contributed by atoms with Crippen molar-refractivity contribution >= 4 is 0 Å². The Hall–Kier alpha value is -1.07. The first kappa shape index (κ1) is 10.4. The minimum absolute atomic E-state index is 0.129. The normalized spacial score (nSPS) is 27.1. The zero-order valence-corrected chi connectivity index (χ0v) is 8.51. The Balaban J connectivity index is 2.00. The molecule has 1 fully saturated rings. The van der Waals surface area contributed by atoms with E-state index in [-0.39, 0.29) is 6.04 Å². The number of likely N-dealkylation sites (tertiary alicyclic amines) is 1. The highest BCUT2D eigenvalue weighted by molar-refractivity contribution is 4.93. The Morgan fingerprint density at radius 1 is 1.47 bits per heavy atom. The molecule has 1 aromatic heterocycles. The summed E-state index contributed by atoms with van der Waals surface area (Å²) in [5, 5.41) is 0. The number of rotatable bonds is 3. The molecule has 82 valence electrons. The van der Waals surface area contributed by atoms with Crippen LogP contribution in [0.25, 0.3) is 0 Å². The van der Waals surface area contributed by atoms with E-state index in [9.17, 15) is 4.39 Å². The van der Waals surface area contributed by atoms with Crippen LogP contribution in [-0.2, 0) is 6.54 Å². The summed E-state index contributed by atoms with van der Waals surface area (Å²) in [6.45, 7) is 1.52. The first-order chi connectivity index (χ1) is 7.29. The smallest absolute Gasteiger partial charge is 0.142 e. The Labute approximate surface area is 88.3 Å². The maximum atomic E-state index is 13.2. The zero-order chi connectivity index (χ0) is 10.7. The molecule has 1 aliphatic heterocycles. The molecule has 1 saturated heterocycles. The van der Waals surface area contributed by atoms with Crippen molar-refractivity contribution in [1.29, 1.82) is 0 Å². The number of hydrogen-bond donors (Lipinski definition) is 1. The highest BCUT2D eigenvalue weighted by atomic mass is 19.1. The third kappa shape index (κ3) is 2.49. The lowest BCUT2D eigenvalue weighted by atomic mass is 10.2. The molecule has 5 heteroatoms. The van der Waals surface area contributed by atoms with Gasteiger partial charge in [0.25, 0.3) is 0 Å². The molecule has 4 nitrogen and oxygen atoms in total. The van der Waals surface area contributed by atoms with Crippen molar-refractivity contribution in [1.82, 2.24) is 14.9 Å². The van der Waals surface area contributed by atoms with Gasteiger partial charge in [-0.3, -0.25) is 4.90 Å². The monoisotopic (exact) mass is 210 g/mol. The van der Waals surface area contributed by atoms with Gasteiger partial charge in [-0.25, -0.2) is 14.4 Å². The van der Waals surface area contributed by atoms with E-state index < -0.39 is 6.17 Å². The third-order valence-electron chi connectivity index (χ3n) is 2.71. The summed E-state index contributed by atoms with van der Waals surface area (Å²) >= 11 is 0. The van der Waals surface area contributed by atoms with Crippen LogP contribution in [0.4, 0.5) is 4.39 Å². The summed E-state index contributed by atoms with van der Waals surface area (Å²) in [4.78, 5) is 10.3. The first-order valence-electron chi connectivity index (χ1n) is 5.13. The molecule has 0 aromatic carbocycles. The van der Waals surface area contributed by atoms with Gasteiger partial charge in [0.1, 0.15) is 12.0 Å². The lowest BCUT2D eigenvalue weighted by molar-refractivity contribution is 0.233. The van der Waals surface area contributed by atoms with Crippen LogP contribution >= 0.6 is 0 Å². The van der Waals surface area contributed by atoms with Crippen molar-refractivity contribution in [3.63, 3.8) is 0 Å². The Kier molecular flexibility index (Phi) is 3.23. The van der Waals surface area contributed by atoms with Crippen molar-refractivity contribution < 1.29 is 4.39 Å². The Morgan fingerprint density at radius 2 is 2.20 bits per heavy atom. The second-order valence-electron chi connectivity index (χ2n) is 3.82. The van der Waals surface area contributed by atoms with Crippen molar-refractivity contribution in [3.05, 3.63) is 24.3 Å². The average molecular weight is 210 g/mol. The Bertz CT molecular complexity index is 306. The number of alkyl halides is 1. The molecule has 1 aliphatic rings. The maximum absolute atomic E-state index is 13.2. The number of hydrogen-bond acceptors (Lipinski definition) is 4. The van der Waals surface area contributed by atoms with E-state index in [0.717, 1.165) is 5.82 Å². The molecule has 1 aromatic rings. The molecular formula is C10H15FN4. The number of nitrogens with zero attached hydrogens (tertiary/aromatic N) is 3. The number of nitrogens with two attached hydrogens (primary N) is 1. The molecule has 0 saturated carbocycles. The molecule has 0 unspecified atom stereocenters. The van der Waals surface area contributed by atoms with Gasteiger partial charge in [0, 0.05) is 31.5 Å². The van der Waals surface area contributed by atoms with E-state index >= 15 is 0 Å². The van der Waals surface area contributed by atoms with Crippen LogP contribution in [-0.4, -0.2) is 40.2 Å². The molecular weight excluding hydrogens is 195 g/mol. The van der Waals surface area contributed by atoms with Crippen molar-refractivity contribution in [2.24, 2.45) is 5.73 Å². The predicted octanol–water partition coefficient (Wildman–Crippen LogP) is 0.348. The highest BCUT2D eigenvalue weighted by Crippen LogP contribution is 2.20. The van der Waals surface area contributed by atoms with Gasteiger partial charge in [-0.15, -0.1) is 0 Å². The van der Waals surface area contributed by atoms with Crippen molar-refractivity contribution in [2.75, 3.05) is 13.1 Å². The lowest BCUT2D eigenvalue weighted by Gasteiger charge is -2.21. The van der Waals surface area contributed by atoms with Crippen LogP contribution in [0.5, 0.6) is 0 Å². The zero-order valence-electron chi connectivity index (χ0n) is 8.51. The van der Waals surface area contributed by atoms with Gasteiger partial charge < -0.3 is 5.73 Å². The molecule has 0 aliphatic carbocycles. The summed E-state index contributed by atoms with van der Waals surface area (Å²) in [5.74, 6) is 0.727. The summed E-state index contributed by atoms with van der Waals surface area (Å²) < 4.78 is 13.2. The molecule has 15 heavy (non-hydrogen) atoms. The van der Waals surface area contributed by atoms with Gasteiger partial charge in [0.05, 0.1) is 6.54 Å². The summed E-state index contributed by atoms with van der Waals surface area (Å²) in [6, 6.07) is 1.90. The molecule has 0 bridgehead atoms. The Morgan fingerprint density at radius 3 is 2.87 bits per heavy atom. The van der Waals surface area contributed by atoms with E-state index in [0.29, 0.717) is 26.1 Å². The number of aromatic nitrogens is 2. The highest BCUT2D eigenvalue weighted by Gasteiger charge is 2.31. The fourth-order valence-corrected chi connectivity index (χ4v) is 1.95. The van der Waals surface area contributed by atoms with Crippen LogP contribution in [0.1, 0.15) is 12.2 Å². The third-order valence-corrected chi connectivity index (χ3v) is 2.71. The van der Waals surface area contributed by atoms with E-state index in [1.807, 2.05) is 4.90 Å². The van der Waals surface area contributed by atoms with Crippen LogP contribution < -0.4 is 5.73 Å². The molecule has 0 spiro atoms. The van der Waals surface area contributed by atoms with Crippen LogP contribution in [0, 0.1) is 0 Å². The molecule has 2 N–H and O–H groups in total. The van der Waals surface area contributed by atoms with E-state index in [4.69, 9.17) is 5.73 Å². The second kappa shape index (κ2) is 4.63. The van der Waals surface area contributed by atoms with Crippen LogP contribution in [0.15, 0.2) is 18.5 Å². The van der Waals surface area contributed by atoms with E-state index in [2.05, 4.69) is 9.97 Å². The lowest BCUT2D eigenvalue weighted by Crippen LogP contribution is -2.35. The second-order valence-corrected chi connectivity index (χ2v) is 3.82. The molecule has 2 rings (SSSR count). The minimum Gasteiger partial charge on any atom is -0.329 e. The standard InChI is InChI=1S/C10H15FN4/c11-8-4-9(5-12)15(6-8)7-10-13-2-1-3-14-10/h1-3,8-9H,4-7,12H2/t8-,9-/m1/s1. The van der Waals surface area contributed by atoms with Gasteiger partial charge in [0.15, 0.2) is 0 Å². The molecule has 2 heterocycles. The predicted molar refractivity (Wildman–Crippen MR) is 54.8 cm³/mol. The SMILES string of the molecule is NC[C@H]1C[C@@H](F)CN1Cc1ncccn1. The fraction of sp³-hybridized carbons (Fsp3) is 0.600. The van der Waals surface area contributed by atoms with Crippen LogP contribution in [0.3, 0.4) is 0 Å². The van der Waals surface area contributed by atoms with Crippen LogP contribution in [0.2, 0.25) is 0 Å². The van der Waals surface area contributed by atoms with E-state index in [1.165, 1.54) is 0 Å². The van der Waals surface area contributed by atoms with Gasteiger partial charge >= 0.3 is 0 Å². The molecule has 0 amide bonds. The maximum Gasteiger partial charge on any atom is 0.142 e. The fourth-order valence-electron chi connectivity index (χ4n) is 1.95. The topological polar surface area (TPSA) is 55.0 Å². The molecule has 2 atom stereocenters. The first-order valence-corrected chi connectivity index (χ1v) is 5.13. The van der Waals surface area contributed by atoms with Crippen molar-refractivity contribution in [3.8, 4) is 0 Å². The summed E-state index contributed by atoms with van der Waals surface area (Å²) in [5.41, 5.74) is 5.59. The van der Waals surface area contributed by atoms with Gasteiger partial charge in [-0.1, -0.05) is 0 Å². The number of halogens is 1. The summed E-state index contributed by atoms with van der Waals surface area (Å²) in [6.07, 6.45) is 3.16. The van der Waals surface area contributed by atoms with Gasteiger partial charge in [-0.2, -0.15) is 0 Å². The quantitative estimate of drug-likeness (QED) is 0.782. The van der Waals surface area contributed by atoms with Gasteiger partial charge in [0.2, 0.25) is 0 Å². The molecule has 0 radical (unpaired) electrons. The minimum atomic E-state index is -0.762. The van der Waals surface area contributed by atoms with Crippen molar-refractivity contribution in [2.45, 2.75) is 25.2 Å². The van der Waals surface area contributed by atoms with E-state index in [1.54, 1.807) is 18.5 Å².